The summed E-state index contributed by atoms with van der Waals surface area (Å²) in [6.45, 7) is 2.01. The Morgan fingerprint density at radius 3 is 2.50 bits per heavy atom. The maximum atomic E-state index is 11.8. The third kappa shape index (κ3) is 5.78. The fourth-order valence-corrected chi connectivity index (χ4v) is 2.22. The topological polar surface area (TPSA) is 38.3 Å². The van der Waals surface area contributed by atoms with Crippen LogP contribution >= 0.6 is 11.6 Å². The number of ether oxygens (including phenoxy) is 1. The first kappa shape index (κ1) is 16.4. The van der Waals surface area contributed by atoms with E-state index < -0.39 is 0 Å². The molecule has 2 aromatic carbocycles. The third-order valence-corrected chi connectivity index (χ3v) is 3.55. The van der Waals surface area contributed by atoms with Crippen molar-refractivity contribution in [3.63, 3.8) is 0 Å². The summed E-state index contributed by atoms with van der Waals surface area (Å²) < 4.78 is 5.42. The van der Waals surface area contributed by atoms with Gasteiger partial charge in [0.15, 0.2) is 6.61 Å². The van der Waals surface area contributed by atoms with E-state index in [-0.39, 0.29) is 18.6 Å². The lowest BCUT2D eigenvalue weighted by Gasteiger charge is -2.14. The monoisotopic (exact) mass is 317 g/mol. The highest BCUT2D eigenvalue weighted by Crippen LogP contribution is 2.15. The van der Waals surface area contributed by atoms with Crippen LogP contribution in [0.2, 0.25) is 5.02 Å². The second kappa shape index (κ2) is 8.44. The average Bonchev–Trinajstić information content (AvgIpc) is 2.53. The van der Waals surface area contributed by atoms with Crippen LogP contribution in [0.15, 0.2) is 54.6 Å². The van der Waals surface area contributed by atoms with E-state index >= 15 is 0 Å². The molecular formula is C18H20ClNO2. The van der Waals surface area contributed by atoms with Crippen LogP contribution in [0.25, 0.3) is 0 Å². The van der Waals surface area contributed by atoms with Gasteiger partial charge in [-0.25, -0.2) is 0 Å². The maximum Gasteiger partial charge on any atom is 0.258 e. The predicted molar refractivity (Wildman–Crippen MR) is 89.3 cm³/mol. The molecule has 1 N–H and O–H groups in total. The Morgan fingerprint density at radius 2 is 1.82 bits per heavy atom. The summed E-state index contributed by atoms with van der Waals surface area (Å²) in [5, 5.41) is 3.59. The van der Waals surface area contributed by atoms with E-state index in [2.05, 4.69) is 17.4 Å². The van der Waals surface area contributed by atoms with E-state index in [9.17, 15) is 4.79 Å². The maximum absolute atomic E-state index is 11.8. The lowest BCUT2D eigenvalue weighted by atomic mass is 10.1. The molecule has 1 amide bonds. The molecule has 4 heteroatoms. The summed E-state index contributed by atoms with van der Waals surface area (Å²) in [6, 6.07) is 17.3. The molecule has 0 bridgehead atoms. The van der Waals surface area contributed by atoms with E-state index in [0.29, 0.717) is 10.8 Å². The lowest BCUT2D eigenvalue weighted by Crippen LogP contribution is -2.36. The fraction of sp³-hybridized carbons (Fsp3) is 0.278. The Balaban J connectivity index is 1.68. The summed E-state index contributed by atoms with van der Waals surface area (Å²) in [5.41, 5.74) is 1.28. The highest BCUT2D eigenvalue weighted by Gasteiger charge is 2.08. The summed E-state index contributed by atoms with van der Waals surface area (Å²) in [6.07, 6.45) is 1.84. The normalized spacial score (nSPS) is 11.7. The molecule has 0 spiro atoms. The SMILES string of the molecule is C[C@@H](CCc1ccccc1)NC(=O)COc1ccc(Cl)cc1. The standard InChI is InChI=1S/C18H20ClNO2/c1-14(7-8-15-5-3-2-4-6-15)20-18(21)13-22-17-11-9-16(19)10-12-17/h2-6,9-12,14H,7-8,13H2,1H3,(H,20,21)/t14-/m0/s1. The van der Waals surface area contributed by atoms with E-state index in [1.54, 1.807) is 24.3 Å². The Bertz CT molecular complexity index is 584. The van der Waals surface area contributed by atoms with Crippen molar-refractivity contribution < 1.29 is 9.53 Å². The van der Waals surface area contributed by atoms with E-state index in [0.717, 1.165) is 12.8 Å². The van der Waals surface area contributed by atoms with Gasteiger partial charge in [-0.2, -0.15) is 0 Å². The molecule has 0 saturated carbocycles. The molecule has 0 radical (unpaired) electrons. The second-order valence-electron chi connectivity index (χ2n) is 5.24. The van der Waals surface area contributed by atoms with Gasteiger partial charge in [0.25, 0.3) is 5.91 Å². The van der Waals surface area contributed by atoms with Crippen molar-refractivity contribution in [1.29, 1.82) is 0 Å². The van der Waals surface area contributed by atoms with Gasteiger partial charge >= 0.3 is 0 Å². The number of carbonyl (C=O) groups excluding carboxylic acids is 1. The lowest BCUT2D eigenvalue weighted by molar-refractivity contribution is -0.123. The largest absolute Gasteiger partial charge is 0.484 e. The van der Waals surface area contributed by atoms with Gasteiger partial charge in [-0.1, -0.05) is 41.9 Å². The van der Waals surface area contributed by atoms with Crippen LogP contribution in [-0.4, -0.2) is 18.6 Å². The first-order valence-electron chi connectivity index (χ1n) is 7.35. The van der Waals surface area contributed by atoms with Gasteiger partial charge in [-0.05, 0) is 49.6 Å². The Morgan fingerprint density at radius 1 is 1.14 bits per heavy atom. The zero-order valence-corrected chi connectivity index (χ0v) is 13.3. The van der Waals surface area contributed by atoms with Gasteiger partial charge < -0.3 is 10.1 Å². The number of aryl methyl sites for hydroxylation is 1. The number of amides is 1. The summed E-state index contributed by atoms with van der Waals surface area (Å²) in [4.78, 5) is 11.8. The van der Waals surface area contributed by atoms with Crippen LogP contribution in [-0.2, 0) is 11.2 Å². The molecular weight excluding hydrogens is 298 g/mol. The Hall–Kier alpha value is -2.00. The highest BCUT2D eigenvalue weighted by molar-refractivity contribution is 6.30. The molecule has 0 unspecified atom stereocenters. The highest BCUT2D eigenvalue weighted by atomic mass is 35.5. The fourth-order valence-electron chi connectivity index (χ4n) is 2.10. The van der Waals surface area contributed by atoms with Crippen molar-refractivity contribution in [2.75, 3.05) is 6.61 Å². The quantitative estimate of drug-likeness (QED) is 0.842. The minimum Gasteiger partial charge on any atom is -0.484 e. The Labute approximate surface area is 136 Å². The van der Waals surface area contributed by atoms with Gasteiger partial charge in [0.05, 0.1) is 0 Å². The molecule has 0 saturated heterocycles. The molecule has 3 nitrogen and oxygen atoms in total. The first-order chi connectivity index (χ1) is 10.6. The summed E-state index contributed by atoms with van der Waals surface area (Å²) in [5.74, 6) is 0.520. The van der Waals surface area contributed by atoms with E-state index in [1.807, 2.05) is 25.1 Å². The minimum atomic E-state index is -0.115. The van der Waals surface area contributed by atoms with Crippen LogP contribution < -0.4 is 10.1 Å². The predicted octanol–water partition coefficient (Wildman–Crippen LogP) is 3.86. The van der Waals surface area contributed by atoms with Gasteiger partial charge in [0.1, 0.15) is 5.75 Å². The number of hydrogen-bond acceptors (Lipinski definition) is 2. The van der Waals surface area contributed by atoms with Gasteiger partial charge in [-0.15, -0.1) is 0 Å². The van der Waals surface area contributed by atoms with Crippen molar-refractivity contribution in [1.82, 2.24) is 5.32 Å². The number of carbonyl (C=O) groups is 1. The molecule has 0 aromatic heterocycles. The van der Waals surface area contributed by atoms with Gasteiger partial charge in [0.2, 0.25) is 0 Å². The van der Waals surface area contributed by atoms with Crippen molar-refractivity contribution >= 4 is 17.5 Å². The van der Waals surface area contributed by atoms with Crippen molar-refractivity contribution in [3.8, 4) is 5.75 Å². The van der Waals surface area contributed by atoms with Crippen LogP contribution in [0, 0.1) is 0 Å². The van der Waals surface area contributed by atoms with Crippen molar-refractivity contribution in [2.45, 2.75) is 25.8 Å². The first-order valence-corrected chi connectivity index (χ1v) is 7.73. The molecule has 116 valence electrons. The van der Waals surface area contributed by atoms with Crippen LogP contribution in [0.3, 0.4) is 0 Å². The molecule has 2 aromatic rings. The number of nitrogens with one attached hydrogen (secondary N) is 1. The van der Waals surface area contributed by atoms with Gasteiger partial charge in [0, 0.05) is 11.1 Å². The van der Waals surface area contributed by atoms with Gasteiger partial charge in [-0.3, -0.25) is 4.79 Å². The van der Waals surface area contributed by atoms with E-state index in [4.69, 9.17) is 16.3 Å². The Kier molecular flexibility index (Phi) is 6.28. The number of rotatable bonds is 7. The van der Waals surface area contributed by atoms with Crippen LogP contribution in [0.4, 0.5) is 0 Å². The molecule has 2 rings (SSSR count). The molecule has 22 heavy (non-hydrogen) atoms. The minimum absolute atomic E-state index is 0.0112. The molecule has 1 atom stereocenters. The molecule has 0 aliphatic carbocycles. The second-order valence-corrected chi connectivity index (χ2v) is 5.67. The number of halogens is 1. The molecule has 0 aliphatic heterocycles. The number of hydrogen-bond donors (Lipinski definition) is 1. The van der Waals surface area contributed by atoms with Crippen LogP contribution in [0.1, 0.15) is 18.9 Å². The average molecular weight is 318 g/mol. The molecule has 0 heterocycles. The zero-order valence-electron chi connectivity index (χ0n) is 12.6. The summed E-state index contributed by atoms with van der Waals surface area (Å²) in [7, 11) is 0. The zero-order chi connectivity index (χ0) is 15.8. The smallest absolute Gasteiger partial charge is 0.258 e. The molecule has 0 aliphatic rings. The van der Waals surface area contributed by atoms with Crippen molar-refractivity contribution in [3.05, 3.63) is 65.2 Å². The summed E-state index contributed by atoms with van der Waals surface area (Å²) >= 11 is 5.79. The third-order valence-electron chi connectivity index (χ3n) is 3.30. The van der Waals surface area contributed by atoms with Crippen LogP contribution in [0.5, 0.6) is 5.75 Å². The van der Waals surface area contributed by atoms with E-state index in [1.165, 1.54) is 5.56 Å². The molecule has 0 fully saturated rings. The number of benzene rings is 2. The van der Waals surface area contributed by atoms with Crippen molar-refractivity contribution in [2.24, 2.45) is 0 Å².